The van der Waals surface area contributed by atoms with Crippen molar-refractivity contribution in [2.45, 2.75) is 52.7 Å². The number of hydrogen-bond donors (Lipinski definition) is 1. The Kier molecular flexibility index (Phi) is 6.21. The number of nitrogens with one attached hydrogen (secondary N) is 1. The Balaban J connectivity index is 2.20. The predicted molar refractivity (Wildman–Crippen MR) is 101 cm³/mol. The molecule has 2 rings (SSSR count). The fourth-order valence-electron chi connectivity index (χ4n) is 2.37. The SMILES string of the molecule is CCCN(C(=O)OC(C)(C)C)[C@@H](C)c1ncc(-c2ccc(Br)cn2)[nH]1. The van der Waals surface area contributed by atoms with E-state index in [1.54, 1.807) is 17.3 Å². The van der Waals surface area contributed by atoms with Gasteiger partial charge in [-0.3, -0.25) is 9.88 Å². The van der Waals surface area contributed by atoms with E-state index in [2.05, 4.69) is 30.9 Å². The molecule has 7 heteroatoms. The van der Waals surface area contributed by atoms with Crippen molar-refractivity contribution in [3.05, 3.63) is 34.8 Å². The molecule has 25 heavy (non-hydrogen) atoms. The second kappa shape index (κ2) is 7.99. The third kappa shape index (κ3) is 5.29. The van der Waals surface area contributed by atoms with Crippen molar-refractivity contribution in [3.8, 4) is 11.4 Å². The van der Waals surface area contributed by atoms with Gasteiger partial charge in [0.15, 0.2) is 0 Å². The summed E-state index contributed by atoms with van der Waals surface area (Å²) in [6.45, 7) is 10.2. The van der Waals surface area contributed by atoms with Gasteiger partial charge in [-0.15, -0.1) is 0 Å². The first kappa shape index (κ1) is 19.4. The van der Waals surface area contributed by atoms with Crippen LogP contribution in [0.4, 0.5) is 4.79 Å². The smallest absolute Gasteiger partial charge is 0.410 e. The van der Waals surface area contributed by atoms with Gasteiger partial charge in [0.25, 0.3) is 0 Å². The van der Waals surface area contributed by atoms with Gasteiger partial charge >= 0.3 is 6.09 Å². The molecule has 1 amide bonds. The minimum atomic E-state index is -0.529. The van der Waals surface area contributed by atoms with Crippen LogP contribution in [0.2, 0.25) is 0 Å². The molecule has 0 unspecified atom stereocenters. The van der Waals surface area contributed by atoms with E-state index in [9.17, 15) is 4.79 Å². The van der Waals surface area contributed by atoms with Crippen LogP contribution in [-0.4, -0.2) is 38.1 Å². The highest BCUT2D eigenvalue weighted by molar-refractivity contribution is 9.10. The Morgan fingerprint density at radius 3 is 2.60 bits per heavy atom. The van der Waals surface area contributed by atoms with Crippen molar-refractivity contribution < 1.29 is 9.53 Å². The second-order valence-corrected chi connectivity index (χ2v) is 7.81. The van der Waals surface area contributed by atoms with Crippen LogP contribution in [0.15, 0.2) is 29.0 Å². The van der Waals surface area contributed by atoms with E-state index in [1.807, 2.05) is 46.8 Å². The summed E-state index contributed by atoms with van der Waals surface area (Å²) in [5.41, 5.74) is 1.09. The lowest BCUT2D eigenvalue weighted by atomic mass is 10.2. The molecular formula is C18H25BrN4O2. The summed E-state index contributed by atoms with van der Waals surface area (Å²) in [7, 11) is 0. The number of rotatable bonds is 5. The predicted octanol–water partition coefficient (Wildman–Crippen LogP) is 4.94. The molecule has 0 radical (unpaired) electrons. The molecule has 0 aromatic carbocycles. The summed E-state index contributed by atoms with van der Waals surface area (Å²) < 4.78 is 6.45. The van der Waals surface area contributed by atoms with Gasteiger partial charge in [-0.1, -0.05) is 6.92 Å². The number of carbonyl (C=O) groups is 1. The third-order valence-corrected chi connectivity index (χ3v) is 4.02. The molecule has 0 spiro atoms. The quantitative estimate of drug-likeness (QED) is 0.759. The van der Waals surface area contributed by atoms with E-state index < -0.39 is 5.60 Å². The number of nitrogens with zero attached hydrogens (tertiary/aromatic N) is 3. The number of pyridine rings is 1. The van der Waals surface area contributed by atoms with E-state index in [0.717, 1.165) is 22.3 Å². The van der Waals surface area contributed by atoms with Crippen LogP contribution in [0.5, 0.6) is 0 Å². The zero-order valence-corrected chi connectivity index (χ0v) is 16.9. The molecule has 1 atom stereocenters. The lowest BCUT2D eigenvalue weighted by Gasteiger charge is -2.30. The lowest BCUT2D eigenvalue weighted by Crippen LogP contribution is -2.39. The van der Waals surface area contributed by atoms with Crippen LogP contribution < -0.4 is 0 Å². The largest absolute Gasteiger partial charge is 0.444 e. The summed E-state index contributed by atoms with van der Waals surface area (Å²) in [5, 5.41) is 0. The maximum absolute atomic E-state index is 12.5. The van der Waals surface area contributed by atoms with Crippen LogP contribution in [0.1, 0.15) is 52.9 Å². The maximum Gasteiger partial charge on any atom is 0.410 e. The van der Waals surface area contributed by atoms with Gasteiger partial charge in [0.05, 0.1) is 23.6 Å². The summed E-state index contributed by atoms with van der Waals surface area (Å²) in [6, 6.07) is 3.61. The standard InChI is InChI=1S/C18H25BrN4O2/c1-6-9-23(17(24)25-18(3,4)5)12(2)16-21-11-15(22-16)14-8-7-13(19)10-20-14/h7-8,10-12H,6,9H2,1-5H3,(H,21,22)/t12-/m0/s1. The molecule has 0 aliphatic carbocycles. The molecule has 0 saturated carbocycles. The molecule has 2 heterocycles. The van der Waals surface area contributed by atoms with E-state index in [4.69, 9.17) is 4.74 Å². The topological polar surface area (TPSA) is 71.1 Å². The maximum atomic E-state index is 12.5. The van der Waals surface area contributed by atoms with Crippen LogP contribution in [-0.2, 0) is 4.74 Å². The monoisotopic (exact) mass is 408 g/mol. The zero-order valence-electron chi connectivity index (χ0n) is 15.3. The minimum Gasteiger partial charge on any atom is -0.444 e. The fraction of sp³-hybridized carbons (Fsp3) is 0.500. The Morgan fingerprint density at radius 2 is 2.04 bits per heavy atom. The van der Waals surface area contributed by atoms with Gasteiger partial charge in [-0.25, -0.2) is 9.78 Å². The van der Waals surface area contributed by atoms with Crippen molar-refractivity contribution in [2.75, 3.05) is 6.54 Å². The first-order chi connectivity index (χ1) is 11.7. The van der Waals surface area contributed by atoms with Gasteiger partial charge in [0.2, 0.25) is 0 Å². The summed E-state index contributed by atoms with van der Waals surface area (Å²) >= 11 is 3.38. The number of hydrogen-bond acceptors (Lipinski definition) is 4. The number of imidazole rings is 1. The molecule has 0 bridgehead atoms. The van der Waals surface area contributed by atoms with Crippen LogP contribution in [0.25, 0.3) is 11.4 Å². The first-order valence-corrected chi connectivity index (χ1v) is 9.17. The number of amides is 1. The van der Waals surface area contributed by atoms with Gasteiger partial charge < -0.3 is 9.72 Å². The Bertz CT molecular complexity index is 707. The number of carbonyl (C=O) groups excluding carboxylic acids is 1. The highest BCUT2D eigenvalue weighted by Crippen LogP contribution is 2.24. The number of ether oxygens (including phenoxy) is 1. The van der Waals surface area contributed by atoms with Gasteiger partial charge in [-0.2, -0.15) is 0 Å². The molecule has 0 aliphatic heterocycles. The third-order valence-electron chi connectivity index (χ3n) is 3.55. The van der Waals surface area contributed by atoms with E-state index in [-0.39, 0.29) is 12.1 Å². The number of aromatic amines is 1. The molecular weight excluding hydrogens is 384 g/mol. The minimum absolute atomic E-state index is 0.223. The Hall–Kier alpha value is -1.89. The molecule has 2 aromatic heterocycles. The highest BCUT2D eigenvalue weighted by atomic mass is 79.9. The zero-order chi connectivity index (χ0) is 18.6. The summed E-state index contributed by atoms with van der Waals surface area (Å²) in [4.78, 5) is 26.3. The second-order valence-electron chi connectivity index (χ2n) is 6.89. The number of H-pyrrole nitrogens is 1. The molecule has 1 N–H and O–H groups in total. The van der Waals surface area contributed by atoms with Gasteiger partial charge in [-0.05, 0) is 62.2 Å². The number of aromatic nitrogens is 3. The van der Waals surface area contributed by atoms with Gasteiger partial charge in [0.1, 0.15) is 11.4 Å². The Morgan fingerprint density at radius 1 is 1.32 bits per heavy atom. The molecule has 0 saturated heterocycles. The number of halogens is 1. The summed E-state index contributed by atoms with van der Waals surface area (Å²) in [5.74, 6) is 0.707. The summed E-state index contributed by atoms with van der Waals surface area (Å²) in [6.07, 6.45) is 3.98. The van der Waals surface area contributed by atoms with E-state index in [1.165, 1.54) is 0 Å². The fourth-order valence-corrected chi connectivity index (χ4v) is 2.60. The van der Waals surface area contributed by atoms with Gasteiger partial charge in [0, 0.05) is 17.2 Å². The molecule has 6 nitrogen and oxygen atoms in total. The first-order valence-electron chi connectivity index (χ1n) is 8.37. The van der Waals surface area contributed by atoms with Crippen molar-refractivity contribution >= 4 is 22.0 Å². The van der Waals surface area contributed by atoms with Crippen LogP contribution in [0, 0.1) is 0 Å². The lowest BCUT2D eigenvalue weighted by molar-refractivity contribution is 0.0166. The average molecular weight is 409 g/mol. The molecule has 0 fully saturated rings. The van der Waals surface area contributed by atoms with Crippen molar-refractivity contribution in [1.29, 1.82) is 0 Å². The van der Waals surface area contributed by atoms with Crippen LogP contribution in [0.3, 0.4) is 0 Å². The molecule has 2 aromatic rings. The van der Waals surface area contributed by atoms with Crippen molar-refractivity contribution in [2.24, 2.45) is 0 Å². The van der Waals surface area contributed by atoms with Crippen LogP contribution >= 0.6 is 15.9 Å². The average Bonchev–Trinajstić information content (AvgIpc) is 3.01. The molecule has 0 aliphatic rings. The van der Waals surface area contributed by atoms with Crippen molar-refractivity contribution in [3.63, 3.8) is 0 Å². The highest BCUT2D eigenvalue weighted by Gasteiger charge is 2.27. The van der Waals surface area contributed by atoms with Crippen molar-refractivity contribution in [1.82, 2.24) is 19.9 Å². The molecule has 136 valence electrons. The normalized spacial score (nSPS) is 12.7. The Labute approximate surface area is 157 Å². The van der Waals surface area contributed by atoms with E-state index in [0.29, 0.717) is 12.4 Å². The van der Waals surface area contributed by atoms with E-state index >= 15 is 0 Å².